The molecule has 0 saturated carbocycles. The summed E-state index contributed by atoms with van der Waals surface area (Å²) < 4.78 is 47.2. The molecule has 0 unspecified atom stereocenters. The Morgan fingerprint density at radius 2 is 1.67 bits per heavy atom. The van der Waals surface area contributed by atoms with Gasteiger partial charge >= 0.3 is 18.2 Å². The lowest BCUT2D eigenvalue weighted by atomic mass is 10.1. The van der Waals surface area contributed by atoms with E-state index in [1.807, 2.05) is 6.92 Å². The topological polar surface area (TPSA) is 121 Å². The van der Waals surface area contributed by atoms with Gasteiger partial charge in [0.05, 0.1) is 11.3 Å². The Kier molecular flexibility index (Phi) is 9.50. The molecule has 42 heavy (non-hydrogen) atoms. The van der Waals surface area contributed by atoms with E-state index in [4.69, 9.17) is 4.74 Å². The highest BCUT2D eigenvalue weighted by Crippen LogP contribution is 2.38. The maximum atomic E-state index is 13.9. The number of urea groups is 1. The number of benzene rings is 2. The van der Waals surface area contributed by atoms with Gasteiger partial charge in [-0.3, -0.25) is 4.79 Å². The Morgan fingerprint density at radius 3 is 2.21 bits per heavy atom. The van der Waals surface area contributed by atoms with Gasteiger partial charge in [-0.1, -0.05) is 17.7 Å². The highest BCUT2D eigenvalue weighted by Gasteiger charge is 2.36. The number of alkyl halides is 3. The first kappa shape index (κ1) is 31.9. The van der Waals surface area contributed by atoms with E-state index in [9.17, 15) is 32.7 Å². The smallest absolute Gasteiger partial charge is 0.421 e. The number of rotatable bonds is 8. The van der Waals surface area contributed by atoms with Gasteiger partial charge in [-0.2, -0.15) is 13.2 Å². The van der Waals surface area contributed by atoms with Gasteiger partial charge in [-0.25, -0.2) is 14.6 Å². The van der Waals surface area contributed by atoms with E-state index in [0.717, 1.165) is 23.9 Å². The SMILES string of the molecule is Cc1ccc(C(=O)N(c2ccc(Oc3ncc(CNC(=O)NC(C)(C)C)cc3C(F)(F)F)cc2C(=O)O)C(C)C)cc1. The van der Waals surface area contributed by atoms with Gasteiger partial charge in [0.25, 0.3) is 5.91 Å². The number of halogens is 3. The third-order valence-electron chi connectivity index (χ3n) is 5.86. The lowest BCUT2D eigenvalue weighted by Gasteiger charge is -2.28. The van der Waals surface area contributed by atoms with Gasteiger partial charge in [-0.15, -0.1) is 0 Å². The van der Waals surface area contributed by atoms with Crippen molar-refractivity contribution in [3.8, 4) is 11.6 Å². The lowest BCUT2D eigenvalue weighted by Crippen LogP contribution is -2.46. The van der Waals surface area contributed by atoms with Crippen LogP contribution in [0.5, 0.6) is 11.6 Å². The highest BCUT2D eigenvalue weighted by atomic mass is 19.4. The quantitative estimate of drug-likeness (QED) is 0.275. The van der Waals surface area contributed by atoms with Gasteiger partial charge in [0.1, 0.15) is 11.3 Å². The van der Waals surface area contributed by atoms with Crippen LogP contribution in [0.1, 0.15) is 72.0 Å². The summed E-state index contributed by atoms with van der Waals surface area (Å²) in [6, 6.07) is 10.2. The number of amides is 3. The number of nitrogens with zero attached hydrogens (tertiary/aromatic N) is 2. The predicted molar refractivity (Wildman–Crippen MR) is 151 cm³/mol. The number of carbonyl (C=O) groups is 3. The molecule has 0 saturated heterocycles. The molecule has 3 aromatic rings. The minimum Gasteiger partial charge on any atom is -0.478 e. The minimum atomic E-state index is -4.86. The molecular formula is C30H33F3N4O5. The van der Waals surface area contributed by atoms with Crippen LogP contribution < -0.4 is 20.3 Å². The monoisotopic (exact) mass is 586 g/mol. The van der Waals surface area contributed by atoms with Crippen molar-refractivity contribution >= 4 is 23.6 Å². The number of aromatic nitrogens is 1. The fourth-order valence-corrected chi connectivity index (χ4v) is 3.97. The molecule has 0 fully saturated rings. The van der Waals surface area contributed by atoms with Crippen LogP contribution in [0.4, 0.5) is 23.7 Å². The molecule has 3 amide bonds. The molecule has 0 atom stereocenters. The van der Waals surface area contributed by atoms with Crippen molar-refractivity contribution in [2.45, 2.75) is 65.8 Å². The van der Waals surface area contributed by atoms with E-state index in [0.29, 0.717) is 5.56 Å². The summed E-state index contributed by atoms with van der Waals surface area (Å²) in [5, 5.41) is 15.1. The van der Waals surface area contributed by atoms with Crippen LogP contribution in [0.25, 0.3) is 0 Å². The fraction of sp³-hybridized carbons (Fsp3) is 0.333. The second kappa shape index (κ2) is 12.5. The van der Waals surface area contributed by atoms with E-state index < -0.39 is 47.1 Å². The van der Waals surface area contributed by atoms with Gasteiger partial charge in [0.2, 0.25) is 5.88 Å². The first-order valence-corrected chi connectivity index (χ1v) is 13.0. The number of ether oxygens (including phenoxy) is 1. The summed E-state index contributed by atoms with van der Waals surface area (Å²) in [6.07, 6.45) is -3.74. The molecule has 3 rings (SSSR count). The number of hydrogen-bond acceptors (Lipinski definition) is 5. The van der Waals surface area contributed by atoms with Crippen molar-refractivity contribution in [2.24, 2.45) is 0 Å². The van der Waals surface area contributed by atoms with E-state index in [1.54, 1.807) is 58.9 Å². The fourth-order valence-electron chi connectivity index (χ4n) is 3.97. The van der Waals surface area contributed by atoms with Crippen LogP contribution in [0.15, 0.2) is 54.7 Å². The van der Waals surface area contributed by atoms with Crippen LogP contribution in [-0.4, -0.2) is 39.6 Å². The molecule has 0 aliphatic rings. The maximum Gasteiger partial charge on any atom is 0.421 e. The van der Waals surface area contributed by atoms with Crippen molar-refractivity contribution < 1.29 is 37.4 Å². The molecule has 3 N–H and O–H groups in total. The summed E-state index contributed by atoms with van der Waals surface area (Å²) in [5.41, 5.74) is -0.690. The first-order chi connectivity index (χ1) is 19.5. The van der Waals surface area contributed by atoms with E-state index in [-0.39, 0.29) is 29.1 Å². The average Bonchev–Trinajstić information content (AvgIpc) is 2.87. The number of carbonyl (C=O) groups excluding carboxylic acids is 2. The molecule has 0 aliphatic heterocycles. The zero-order valence-corrected chi connectivity index (χ0v) is 24.1. The number of carboxylic acids is 1. The number of aromatic carboxylic acids is 1. The third kappa shape index (κ3) is 8.21. The lowest BCUT2D eigenvalue weighted by molar-refractivity contribution is -0.138. The molecule has 0 radical (unpaired) electrons. The molecular weight excluding hydrogens is 553 g/mol. The molecule has 224 valence electrons. The summed E-state index contributed by atoms with van der Waals surface area (Å²) in [5.74, 6) is -2.87. The van der Waals surface area contributed by atoms with Crippen LogP contribution in [0.2, 0.25) is 0 Å². The van der Waals surface area contributed by atoms with E-state index >= 15 is 0 Å². The Balaban J connectivity index is 1.93. The average molecular weight is 587 g/mol. The summed E-state index contributed by atoms with van der Waals surface area (Å²) >= 11 is 0. The number of pyridine rings is 1. The summed E-state index contributed by atoms with van der Waals surface area (Å²) in [7, 11) is 0. The summed E-state index contributed by atoms with van der Waals surface area (Å²) in [6.45, 7) is 10.3. The second-order valence-electron chi connectivity index (χ2n) is 11.0. The van der Waals surface area contributed by atoms with Crippen molar-refractivity contribution in [2.75, 3.05) is 4.90 Å². The van der Waals surface area contributed by atoms with Gasteiger partial charge < -0.3 is 25.4 Å². The molecule has 0 bridgehead atoms. The highest BCUT2D eigenvalue weighted by molar-refractivity contribution is 6.09. The molecule has 9 nitrogen and oxygen atoms in total. The maximum absolute atomic E-state index is 13.9. The van der Waals surface area contributed by atoms with Crippen molar-refractivity contribution in [1.82, 2.24) is 15.6 Å². The summed E-state index contributed by atoms with van der Waals surface area (Å²) in [4.78, 5) is 42.7. The van der Waals surface area contributed by atoms with Gasteiger partial charge in [-0.05, 0) is 83.5 Å². The zero-order valence-electron chi connectivity index (χ0n) is 24.1. The zero-order chi connectivity index (χ0) is 31.4. The Bertz CT molecular complexity index is 1470. The third-order valence-corrected chi connectivity index (χ3v) is 5.86. The van der Waals surface area contributed by atoms with Crippen LogP contribution in [0, 0.1) is 6.92 Å². The van der Waals surface area contributed by atoms with Gasteiger partial charge in [0, 0.05) is 29.9 Å². The molecule has 2 aromatic carbocycles. The van der Waals surface area contributed by atoms with E-state index in [2.05, 4.69) is 15.6 Å². The number of aryl methyl sites for hydroxylation is 1. The normalized spacial score (nSPS) is 11.7. The van der Waals surface area contributed by atoms with Gasteiger partial charge in [0.15, 0.2) is 0 Å². The van der Waals surface area contributed by atoms with Crippen LogP contribution in [-0.2, 0) is 12.7 Å². The van der Waals surface area contributed by atoms with E-state index in [1.165, 1.54) is 17.0 Å². The largest absolute Gasteiger partial charge is 0.478 e. The standard InChI is InChI=1S/C30H33F3N4O5/c1-17(2)37(26(38)20-9-7-18(3)8-10-20)24-12-11-21(14-22(24)27(39)40)42-25-23(30(31,32)33)13-19(15-34-25)16-35-28(41)36-29(4,5)6/h7-15,17H,16H2,1-6H3,(H,39,40)(H2,35,36,41). The number of carboxylic acid groups (broad SMARTS) is 1. The number of hydrogen-bond donors (Lipinski definition) is 3. The molecule has 12 heteroatoms. The molecule has 0 aliphatic carbocycles. The molecule has 1 heterocycles. The van der Waals surface area contributed by atoms with Crippen LogP contribution >= 0.6 is 0 Å². The molecule has 0 spiro atoms. The van der Waals surface area contributed by atoms with Crippen molar-refractivity contribution in [1.29, 1.82) is 0 Å². The van der Waals surface area contributed by atoms with Crippen molar-refractivity contribution in [3.63, 3.8) is 0 Å². The number of nitrogens with one attached hydrogen (secondary N) is 2. The Hall–Kier alpha value is -4.61. The Morgan fingerprint density at radius 1 is 1.02 bits per heavy atom. The number of anilines is 1. The molecule has 1 aromatic heterocycles. The van der Waals surface area contributed by atoms with Crippen molar-refractivity contribution in [3.05, 3.63) is 82.5 Å². The second-order valence-corrected chi connectivity index (χ2v) is 11.0. The predicted octanol–water partition coefficient (Wildman–Crippen LogP) is 6.55. The van der Waals surface area contributed by atoms with Crippen LogP contribution in [0.3, 0.4) is 0 Å². The minimum absolute atomic E-state index is 0.0504. The Labute approximate surface area is 241 Å². The first-order valence-electron chi connectivity index (χ1n) is 13.0.